The molecule has 0 radical (unpaired) electrons. The van der Waals surface area contributed by atoms with E-state index in [1.54, 1.807) is 0 Å². The number of rotatable bonds is 16. The van der Waals surface area contributed by atoms with Crippen LogP contribution in [0.3, 0.4) is 0 Å². The van der Waals surface area contributed by atoms with Gasteiger partial charge in [-0.05, 0) is 0 Å². The zero-order valence-electron chi connectivity index (χ0n) is 14.4. The summed E-state index contributed by atoms with van der Waals surface area (Å²) in [6, 6.07) is 0. The van der Waals surface area contributed by atoms with Gasteiger partial charge in [0, 0.05) is 0 Å². The van der Waals surface area contributed by atoms with E-state index in [4.69, 9.17) is 26.8 Å². The van der Waals surface area contributed by atoms with E-state index in [2.05, 4.69) is 19.1 Å². The van der Waals surface area contributed by atoms with Gasteiger partial charge in [-0.3, -0.25) is 0 Å². The van der Waals surface area contributed by atoms with Gasteiger partial charge in [-0.2, -0.15) is 0 Å². The van der Waals surface area contributed by atoms with Crippen LogP contribution in [0, 0.1) is 0 Å². The molecule has 0 aliphatic carbocycles. The van der Waals surface area contributed by atoms with Crippen molar-refractivity contribution in [2.24, 2.45) is 0 Å². The minimum atomic E-state index is -3.02. The van der Waals surface area contributed by atoms with E-state index < -0.39 is 15.0 Å². The van der Waals surface area contributed by atoms with E-state index in [-0.39, 0.29) is 0 Å². The molecule has 0 heterocycles. The second-order valence-electron chi connectivity index (χ2n) is 6.30. The zero-order chi connectivity index (χ0) is 16.5. The Morgan fingerprint density at radius 2 is 1.00 bits per heavy atom. The summed E-state index contributed by atoms with van der Waals surface area (Å²) < 4.78 is 0.889. The van der Waals surface area contributed by atoms with Crippen LogP contribution in [0.15, 0.2) is 12.2 Å². The average molecular weight is 477 g/mol. The van der Waals surface area contributed by atoms with Crippen molar-refractivity contribution in [1.82, 2.24) is 0 Å². The minimum absolute atomic E-state index is 0.889. The third kappa shape index (κ3) is 21.4. The van der Waals surface area contributed by atoms with E-state index in [0.717, 1.165) is 10.9 Å². The summed E-state index contributed by atoms with van der Waals surface area (Å²) in [5.74, 6) is 0. The summed E-state index contributed by atoms with van der Waals surface area (Å²) in [5, 5.41) is 0. The number of hydrogen-bond donors (Lipinski definition) is 0. The average Bonchev–Trinajstić information content (AvgIpc) is 2.45. The summed E-state index contributed by atoms with van der Waals surface area (Å²) in [7, 11) is 17.8. The number of allylic oxidation sites excluding steroid dienone is 2. The first-order valence-electron chi connectivity index (χ1n) is 9.28. The molecule has 0 unspecified atom stereocenters. The fourth-order valence-electron chi connectivity index (χ4n) is 2.57. The van der Waals surface area contributed by atoms with E-state index in [9.17, 15) is 0 Å². The van der Waals surface area contributed by atoms with Gasteiger partial charge in [-0.1, -0.05) is 39.0 Å². The number of hydrogen-bond acceptors (Lipinski definition) is 0. The van der Waals surface area contributed by atoms with Gasteiger partial charge >= 0.3 is 116 Å². The second kappa shape index (κ2) is 17.2. The van der Waals surface area contributed by atoms with Gasteiger partial charge in [0.15, 0.2) is 0 Å². The van der Waals surface area contributed by atoms with Gasteiger partial charge in [0.2, 0.25) is 0 Å². The molecule has 0 nitrogen and oxygen atoms in total. The van der Waals surface area contributed by atoms with Gasteiger partial charge < -0.3 is 0 Å². The van der Waals surface area contributed by atoms with Crippen LogP contribution in [0.25, 0.3) is 0 Å². The van der Waals surface area contributed by atoms with Crippen LogP contribution in [0.2, 0.25) is 4.44 Å². The molecule has 0 atom stereocenters. The van der Waals surface area contributed by atoms with Gasteiger partial charge in [-0.15, -0.1) is 0 Å². The SMILES string of the molecule is CCCCCCCC/C=C\CCCCCCC[CH2][Sn]([Cl])([Cl])[Cl]. The van der Waals surface area contributed by atoms with Crippen molar-refractivity contribution in [2.75, 3.05) is 0 Å². The van der Waals surface area contributed by atoms with Crippen molar-refractivity contribution < 1.29 is 0 Å². The molecule has 0 bridgehead atoms. The monoisotopic (exact) mass is 476 g/mol. The second-order valence-corrected chi connectivity index (χ2v) is 28.1. The summed E-state index contributed by atoms with van der Waals surface area (Å²) in [6.45, 7) is 2.27. The van der Waals surface area contributed by atoms with E-state index in [0.29, 0.717) is 0 Å². The Morgan fingerprint density at radius 3 is 1.45 bits per heavy atom. The molecule has 0 rings (SSSR count). The van der Waals surface area contributed by atoms with Crippen LogP contribution >= 0.6 is 26.8 Å². The molecule has 0 aliphatic rings. The Bertz CT molecular complexity index is 249. The normalized spacial score (nSPS) is 12.4. The summed E-state index contributed by atoms with van der Waals surface area (Å²) >= 11 is -3.02. The maximum absolute atomic E-state index is 5.93. The Morgan fingerprint density at radius 1 is 0.591 bits per heavy atom. The molecule has 0 aromatic rings. The van der Waals surface area contributed by atoms with Crippen LogP contribution in [0.4, 0.5) is 0 Å². The van der Waals surface area contributed by atoms with E-state index >= 15 is 0 Å². The standard InChI is InChI=1S/C18H35.3ClH.Sn/c1-3-5-7-9-11-13-15-17-18-16-14-12-10-8-6-4-2;;;;/h17-18H,1,3-16H2,2H3;3*1H;/q;;;;+3/p-3/b18-17-;;;;. The van der Waals surface area contributed by atoms with Crippen molar-refractivity contribution in [3.63, 3.8) is 0 Å². The summed E-state index contributed by atoms with van der Waals surface area (Å²) in [4.78, 5) is 0. The molecular formula is C18H35Cl3Sn. The predicted octanol–water partition coefficient (Wildman–Crippen LogP) is 8.68. The third-order valence-electron chi connectivity index (χ3n) is 3.97. The molecule has 0 spiro atoms. The summed E-state index contributed by atoms with van der Waals surface area (Å²) in [6.07, 6.45) is 23.3. The van der Waals surface area contributed by atoms with Crippen LogP contribution in [0.5, 0.6) is 0 Å². The fourth-order valence-corrected chi connectivity index (χ4v) is 7.12. The Kier molecular flexibility index (Phi) is 18.3. The Balaban J connectivity index is 3.11. The van der Waals surface area contributed by atoms with Gasteiger partial charge in [-0.25, -0.2) is 0 Å². The first kappa shape index (κ1) is 23.4. The zero-order valence-corrected chi connectivity index (χ0v) is 19.5. The molecule has 22 heavy (non-hydrogen) atoms. The van der Waals surface area contributed by atoms with Gasteiger partial charge in [0.25, 0.3) is 0 Å². The molecule has 0 aromatic heterocycles. The molecule has 132 valence electrons. The van der Waals surface area contributed by atoms with Crippen LogP contribution in [-0.4, -0.2) is 15.0 Å². The molecule has 0 N–H and O–H groups in total. The van der Waals surface area contributed by atoms with E-state index in [1.807, 2.05) is 0 Å². The van der Waals surface area contributed by atoms with E-state index in [1.165, 1.54) is 83.5 Å². The first-order valence-corrected chi connectivity index (χ1v) is 22.1. The van der Waals surface area contributed by atoms with Crippen LogP contribution in [0.1, 0.15) is 96.8 Å². The van der Waals surface area contributed by atoms with Crippen LogP contribution < -0.4 is 0 Å². The first-order chi connectivity index (χ1) is 10.6. The van der Waals surface area contributed by atoms with Gasteiger partial charge in [0.1, 0.15) is 0 Å². The van der Waals surface area contributed by atoms with Crippen molar-refractivity contribution >= 4 is 41.8 Å². The fraction of sp³-hybridized carbons (Fsp3) is 0.889. The number of halogens is 3. The molecule has 0 aliphatic heterocycles. The third-order valence-corrected chi connectivity index (χ3v) is 10.4. The molecule has 0 amide bonds. The van der Waals surface area contributed by atoms with Crippen molar-refractivity contribution in [2.45, 2.75) is 101 Å². The van der Waals surface area contributed by atoms with Crippen molar-refractivity contribution in [1.29, 1.82) is 0 Å². The molecule has 0 aromatic carbocycles. The molecule has 0 saturated heterocycles. The topological polar surface area (TPSA) is 0 Å². The summed E-state index contributed by atoms with van der Waals surface area (Å²) in [5.41, 5.74) is 0. The molecule has 0 saturated carbocycles. The molecule has 4 heteroatoms. The number of unbranched alkanes of at least 4 members (excludes halogenated alkanes) is 12. The van der Waals surface area contributed by atoms with Gasteiger partial charge in [0.05, 0.1) is 0 Å². The van der Waals surface area contributed by atoms with Crippen LogP contribution in [-0.2, 0) is 0 Å². The van der Waals surface area contributed by atoms with Crippen molar-refractivity contribution in [3.05, 3.63) is 12.2 Å². The maximum atomic E-state index is 5.93. The molecule has 0 fully saturated rings. The Hall–Kier alpha value is 1.41. The predicted molar refractivity (Wildman–Crippen MR) is 108 cm³/mol. The molecular weight excluding hydrogens is 441 g/mol. The quantitative estimate of drug-likeness (QED) is 0.119. The Labute approximate surface area is 154 Å². The van der Waals surface area contributed by atoms with Crippen molar-refractivity contribution in [3.8, 4) is 0 Å².